The van der Waals surface area contributed by atoms with E-state index in [0.29, 0.717) is 0 Å². The van der Waals surface area contributed by atoms with Crippen molar-refractivity contribution in [1.82, 2.24) is 0 Å². The van der Waals surface area contributed by atoms with Gasteiger partial charge in [0.2, 0.25) is 0 Å². The van der Waals surface area contributed by atoms with Gasteiger partial charge in [0.1, 0.15) is 0 Å². The zero-order valence-electron chi connectivity index (χ0n) is 9.63. The van der Waals surface area contributed by atoms with Crippen LogP contribution in [0.15, 0.2) is 22.8 Å². The standard InChI is InChI=1S/C12H20BrPS/c1-11-9-14(15,10-12(11)2)8-6-4-3-5-7-13/h9-10H,3-8H2,1-2H3. The second kappa shape index (κ2) is 6.37. The van der Waals surface area contributed by atoms with E-state index < -0.39 is 6.04 Å². The molecule has 0 amide bonds. The van der Waals surface area contributed by atoms with Crippen molar-refractivity contribution in [1.29, 1.82) is 0 Å². The Morgan fingerprint density at radius 2 is 1.60 bits per heavy atom. The number of rotatable bonds is 6. The molecule has 0 nitrogen and oxygen atoms in total. The molecule has 0 radical (unpaired) electrons. The molecule has 0 bridgehead atoms. The summed E-state index contributed by atoms with van der Waals surface area (Å²) in [7, 11) is 0. The molecule has 86 valence electrons. The summed E-state index contributed by atoms with van der Waals surface area (Å²) in [6.45, 7) is 4.37. The summed E-state index contributed by atoms with van der Waals surface area (Å²) in [5, 5.41) is 1.14. The maximum absolute atomic E-state index is 5.75. The first-order valence-corrected chi connectivity index (χ1v) is 9.86. The van der Waals surface area contributed by atoms with E-state index in [2.05, 4.69) is 41.4 Å². The van der Waals surface area contributed by atoms with Gasteiger partial charge in [0.25, 0.3) is 0 Å². The van der Waals surface area contributed by atoms with Crippen molar-refractivity contribution in [3.05, 3.63) is 22.8 Å². The van der Waals surface area contributed by atoms with Crippen molar-refractivity contribution in [2.24, 2.45) is 0 Å². The van der Waals surface area contributed by atoms with Crippen LogP contribution in [0.5, 0.6) is 0 Å². The third-order valence-corrected chi connectivity index (χ3v) is 7.24. The summed E-state index contributed by atoms with van der Waals surface area (Å²) in [4.78, 5) is 0. The van der Waals surface area contributed by atoms with Crippen LogP contribution in [0.25, 0.3) is 0 Å². The van der Waals surface area contributed by atoms with E-state index in [9.17, 15) is 0 Å². The third-order valence-electron chi connectivity index (χ3n) is 2.84. The average Bonchev–Trinajstić information content (AvgIpc) is 2.41. The van der Waals surface area contributed by atoms with Gasteiger partial charge in [-0.15, -0.1) is 0 Å². The molecular formula is C12H20BrPS. The molecule has 0 atom stereocenters. The molecule has 3 heteroatoms. The molecule has 1 aliphatic rings. The fourth-order valence-corrected chi connectivity index (χ4v) is 6.33. The second-order valence-electron chi connectivity index (χ2n) is 4.31. The molecule has 0 fully saturated rings. The highest BCUT2D eigenvalue weighted by molar-refractivity contribution is 9.09. The van der Waals surface area contributed by atoms with Crippen molar-refractivity contribution in [3.63, 3.8) is 0 Å². The van der Waals surface area contributed by atoms with Crippen LogP contribution in [0, 0.1) is 0 Å². The second-order valence-corrected chi connectivity index (χ2v) is 9.81. The van der Waals surface area contributed by atoms with Crippen LogP contribution in [-0.4, -0.2) is 11.5 Å². The predicted octanol–water partition coefficient (Wildman–Crippen LogP) is 5.24. The quantitative estimate of drug-likeness (QED) is 0.367. The van der Waals surface area contributed by atoms with Crippen LogP contribution < -0.4 is 0 Å². The number of allylic oxidation sites excluding steroid dienone is 2. The van der Waals surface area contributed by atoms with Gasteiger partial charge < -0.3 is 0 Å². The van der Waals surface area contributed by atoms with E-state index in [0.717, 1.165) is 5.33 Å². The van der Waals surface area contributed by atoms with Crippen LogP contribution in [0.3, 0.4) is 0 Å². The molecule has 0 aromatic heterocycles. The molecule has 0 N–H and O–H groups in total. The minimum absolute atomic E-state index is 1.14. The Hall–Kier alpha value is 0.610. The topological polar surface area (TPSA) is 0 Å². The number of halogens is 1. The Labute approximate surface area is 107 Å². The minimum Gasteiger partial charge on any atom is -0.0928 e. The van der Waals surface area contributed by atoms with Crippen LogP contribution in [0.4, 0.5) is 0 Å². The molecule has 1 heterocycles. The summed E-state index contributed by atoms with van der Waals surface area (Å²) < 4.78 is 0. The highest BCUT2D eigenvalue weighted by Gasteiger charge is 2.17. The van der Waals surface area contributed by atoms with Crippen LogP contribution >= 0.6 is 22.0 Å². The van der Waals surface area contributed by atoms with Crippen molar-refractivity contribution in [2.45, 2.75) is 39.5 Å². The van der Waals surface area contributed by atoms with Crippen LogP contribution in [-0.2, 0) is 11.8 Å². The lowest BCUT2D eigenvalue weighted by atomic mass is 10.2. The van der Waals surface area contributed by atoms with Crippen molar-refractivity contribution >= 4 is 33.8 Å². The first-order chi connectivity index (χ1) is 7.07. The smallest absolute Gasteiger partial charge is 0.00313 e. The van der Waals surface area contributed by atoms with Gasteiger partial charge in [-0.05, 0) is 61.7 Å². The summed E-state index contributed by atoms with van der Waals surface area (Å²) in [6, 6.07) is -1.23. The summed E-state index contributed by atoms with van der Waals surface area (Å²) >= 11 is 9.21. The van der Waals surface area contributed by atoms with Crippen LogP contribution in [0.2, 0.25) is 0 Å². The van der Waals surface area contributed by atoms with Gasteiger partial charge in [0, 0.05) is 5.33 Å². The first kappa shape index (κ1) is 13.7. The van der Waals surface area contributed by atoms with E-state index in [1.807, 2.05) is 0 Å². The molecule has 0 saturated heterocycles. The number of unbranched alkanes of at least 4 members (excludes halogenated alkanes) is 3. The number of hydrogen-bond acceptors (Lipinski definition) is 1. The Balaban J connectivity index is 2.31. The molecular weight excluding hydrogens is 287 g/mol. The molecule has 0 aromatic carbocycles. The molecule has 15 heavy (non-hydrogen) atoms. The molecule has 0 saturated carbocycles. The van der Waals surface area contributed by atoms with Crippen molar-refractivity contribution in [2.75, 3.05) is 11.5 Å². The van der Waals surface area contributed by atoms with E-state index in [4.69, 9.17) is 11.8 Å². The molecule has 0 spiro atoms. The summed E-state index contributed by atoms with van der Waals surface area (Å²) in [5.74, 6) is 4.73. The lowest BCUT2D eigenvalue weighted by molar-refractivity contribution is 0.712. The lowest BCUT2D eigenvalue weighted by Crippen LogP contribution is -1.85. The zero-order chi connectivity index (χ0) is 11.3. The van der Waals surface area contributed by atoms with Gasteiger partial charge in [0.05, 0.1) is 0 Å². The number of hydrogen-bond donors (Lipinski definition) is 0. The molecule has 0 unspecified atom stereocenters. The average molecular weight is 307 g/mol. The predicted molar refractivity (Wildman–Crippen MR) is 78.9 cm³/mol. The van der Waals surface area contributed by atoms with E-state index >= 15 is 0 Å². The Bertz CT molecular complexity index is 296. The fraction of sp³-hybridized carbons (Fsp3) is 0.667. The van der Waals surface area contributed by atoms with Gasteiger partial charge in [0.15, 0.2) is 0 Å². The SMILES string of the molecule is CC1=CP(=S)(CCCCCCBr)C=C1C. The number of alkyl halides is 1. The van der Waals surface area contributed by atoms with Gasteiger partial charge in [-0.1, -0.05) is 40.6 Å². The largest absolute Gasteiger partial charge is 0.0928 e. The highest BCUT2D eigenvalue weighted by Crippen LogP contribution is 2.56. The fourth-order valence-electron chi connectivity index (χ4n) is 1.83. The minimum atomic E-state index is -1.23. The maximum Gasteiger partial charge on any atom is 0.00313 e. The Morgan fingerprint density at radius 3 is 2.13 bits per heavy atom. The van der Waals surface area contributed by atoms with Gasteiger partial charge >= 0.3 is 0 Å². The highest BCUT2D eigenvalue weighted by atomic mass is 79.9. The van der Waals surface area contributed by atoms with E-state index in [1.54, 1.807) is 0 Å². The molecule has 1 rings (SSSR count). The van der Waals surface area contributed by atoms with Crippen molar-refractivity contribution in [3.8, 4) is 0 Å². The molecule has 0 aliphatic carbocycles. The summed E-state index contributed by atoms with van der Waals surface area (Å²) in [5.41, 5.74) is 2.83. The molecule has 0 aromatic rings. The normalized spacial score (nSPS) is 18.9. The van der Waals surface area contributed by atoms with Crippen molar-refractivity contribution < 1.29 is 0 Å². The van der Waals surface area contributed by atoms with Gasteiger partial charge in [-0.3, -0.25) is 0 Å². The maximum atomic E-state index is 5.75. The lowest BCUT2D eigenvalue weighted by Gasteiger charge is -2.10. The van der Waals surface area contributed by atoms with Gasteiger partial charge in [-0.25, -0.2) is 0 Å². The third kappa shape index (κ3) is 4.54. The molecule has 1 aliphatic heterocycles. The van der Waals surface area contributed by atoms with Gasteiger partial charge in [-0.2, -0.15) is 0 Å². The van der Waals surface area contributed by atoms with E-state index in [-0.39, 0.29) is 0 Å². The van der Waals surface area contributed by atoms with Crippen LogP contribution in [0.1, 0.15) is 39.5 Å². The zero-order valence-corrected chi connectivity index (χ0v) is 12.9. The summed E-state index contributed by atoms with van der Waals surface area (Å²) in [6.07, 6.45) is 6.51. The Morgan fingerprint density at radius 1 is 1.07 bits per heavy atom. The van der Waals surface area contributed by atoms with E-state index in [1.165, 1.54) is 43.0 Å². The first-order valence-electron chi connectivity index (χ1n) is 5.61. The Kier molecular flexibility index (Phi) is 5.81. The monoisotopic (exact) mass is 306 g/mol.